The molecule has 0 atom stereocenters. The molecule has 3 N–H and O–H groups in total. The lowest BCUT2D eigenvalue weighted by atomic mass is 10.1. The highest BCUT2D eigenvalue weighted by Crippen LogP contribution is 2.16. The molecule has 1 rings (SSSR count). The zero-order chi connectivity index (χ0) is 13.7. The van der Waals surface area contributed by atoms with Gasteiger partial charge >= 0.3 is 0 Å². The number of amides is 1. The summed E-state index contributed by atoms with van der Waals surface area (Å²) in [6.45, 7) is 9.57. The number of carbonyl (C=O) groups is 1. The van der Waals surface area contributed by atoms with Gasteiger partial charge in [-0.25, -0.2) is 5.84 Å². The first kappa shape index (κ1) is 14.8. The van der Waals surface area contributed by atoms with Gasteiger partial charge in [0.1, 0.15) is 5.69 Å². The number of hydrogen-bond donors (Lipinski definition) is 2. The predicted octanol–water partition coefficient (Wildman–Crippen LogP) is 2.34. The van der Waals surface area contributed by atoms with Crippen molar-refractivity contribution in [1.82, 2.24) is 9.99 Å². The number of rotatable bonds is 6. The van der Waals surface area contributed by atoms with Gasteiger partial charge in [-0.2, -0.15) is 0 Å². The number of aromatic nitrogens is 1. The molecule has 4 nitrogen and oxygen atoms in total. The zero-order valence-electron chi connectivity index (χ0n) is 11.9. The Bertz CT molecular complexity index is 394. The SMILES string of the molecule is CC(C)CCc1ccc(C(=O)NN)n1CC(C)C. The minimum atomic E-state index is -0.216. The topological polar surface area (TPSA) is 60.1 Å². The van der Waals surface area contributed by atoms with Crippen molar-refractivity contribution in [2.45, 2.75) is 47.1 Å². The van der Waals surface area contributed by atoms with Crippen LogP contribution in [0, 0.1) is 11.8 Å². The van der Waals surface area contributed by atoms with E-state index in [1.54, 1.807) is 0 Å². The second-order valence-electron chi connectivity index (χ2n) is 5.62. The second-order valence-corrected chi connectivity index (χ2v) is 5.62. The van der Waals surface area contributed by atoms with Crippen molar-refractivity contribution < 1.29 is 4.79 Å². The van der Waals surface area contributed by atoms with Crippen molar-refractivity contribution in [2.24, 2.45) is 17.7 Å². The molecule has 0 saturated carbocycles. The van der Waals surface area contributed by atoms with Crippen molar-refractivity contribution in [1.29, 1.82) is 0 Å². The molecule has 102 valence electrons. The summed E-state index contributed by atoms with van der Waals surface area (Å²) in [6, 6.07) is 3.90. The molecule has 0 bridgehead atoms. The lowest BCUT2D eigenvalue weighted by Crippen LogP contribution is -2.32. The summed E-state index contributed by atoms with van der Waals surface area (Å²) >= 11 is 0. The summed E-state index contributed by atoms with van der Waals surface area (Å²) in [7, 11) is 0. The third kappa shape index (κ3) is 3.88. The Morgan fingerprint density at radius 3 is 2.44 bits per heavy atom. The summed E-state index contributed by atoms with van der Waals surface area (Å²) in [4.78, 5) is 11.7. The van der Waals surface area contributed by atoms with Crippen molar-refractivity contribution in [3.05, 3.63) is 23.5 Å². The summed E-state index contributed by atoms with van der Waals surface area (Å²) in [5, 5.41) is 0. The Hall–Kier alpha value is -1.29. The van der Waals surface area contributed by atoms with Gasteiger partial charge in [0.05, 0.1) is 0 Å². The number of hydrogen-bond acceptors (Lipinski definition) is 2. The summed E-state index contributed by atoms with van der Waals surface area (Å²) in [6.07, 6.45) is 2.13. The number of hydrazine groups is 1. The van der Waals surface area contributed by atoms with Gasteiger partial charge in [-0.15, -0.1) is 0 Å². The first-order chi connectivity index (χ1) is 8.45. The molecule has 0 aliphatic heterocycles. The van der Waals surface area contributed by atoms with Crippen LogP contribution in [0.4, 0.5) is 0 Å². The van der Waals surface area contributed by atoms with Crippen LogP contribution in [0.1, 0.15) is 50.3 Å². The molecule has 1 aromatic rings. The molecular weight excluding hydrogens is 226 g/mol. The Labute approximate surface area is 110 Å². The third-order valence-electron chi connectivity index (χ3n) is 2.96. The highest BCUT2D eigenvalue weighted by atomic mass is 16.2. The fourth-order valence-corrected chi connectivity index (χ4v) is 2.02. The number of nitrogen functional groups attached to an aromatic ring is 1. The molecule has 0 radical (unpaired) electrons. The molecule has 0 aromatic carbocycles. The van der Waals surface area contributed by atoms with Gasteiger partial charge in [-0.3, -0.25) is 10.2 Å². The molecule has 1 heterocycles. The van der Waals surface area contributed by atoms with Crippen molar-refractivity contribution in [2.75, 3.05) is 0 Å². The quantitative estimate of drug-likeness (QED) is 0.463. The largest absolute Gasteiger partial charge is 0.340 e. The van der Waals surface area contributed by atoms with Crippen molar-refractivity contribution in [3.8, 4) is 0 Å². The molecule has 0 unspecified atom stereocenters. The van der Waals surface area contributed by atoms with E-state index in [-0.39, 0.29) is 5.91 Å². The maximum atomic E-state index is 11.7. The van der Waals surface area contributed by atoms with E-state index in [0.717, 1.165) is 19.4 Å². The molecule has 1 aromatic heterocycles. The van der Waals surface area contributed by atoms with Crippen LogP contribution in [0.5, 0.6) is 0 Å². The molecule has 0 spiro atoms. The summed E-state index contributed by atoms with van der Waals surface area (Å²) in [5.74, 6) is 6.17. The van der Waals surface area contributed by atoms with E-state index in [9.17, 15) is 4.79 Å². The van der Waals surface area contributed by atoms with E-state index >= 15 is 0 Å². The summed E-state index contributed by atoms with van der Waals surface area (Å²) < 4.78 is 2.09. The monoisotopic (exact) mass is 251 g/mol. The minimum absolute atomic E-state index is 0.216. The van der Waals surface area contributed by atoms with E-state index in [1.807, 2.05) is 12.1 Å². The normalized spacial score (nSPS) is 11.3. The second kappa shape index (κ2) is 6.59. The van der Waals surface area contributed by atoms with Gasteiger partial charge in [0.15, 0.2) is 0 Å². The average Bonchev–Trinajstić information content (AvgIpc) is 2.67. The maximum absolute atomic E-state index is 11.7. The summed E-state index contributed by atoms with van der Waals surface area (Å²) in [5.41, 5.74) is 4.09. The molecule has 0 saturated heterocycles. The number of aryl methyl sites for hydroxylation is 1. The number of nitrogens with one attached hydrogen (secondary N) is 1. The first-order valence-electron chi connectivity index (χ1n) is 6.65. The Kier molecular flexibility index (Phi) is 5.41. The number of carbonyl (C=O) groups excluding carboxylic acids is 1. The van der Waals surface area contributed by atoms with Crippen LogP contribution in [0.15, 0.2) is 12.1 Å². The van der Waals surface area contributed by atoms with E-state index in [0.29, 0.717) is 17.5 Å². The van der Waals surface area contributed by atoms with E-state index in [4.69, 9.17) is 5.84 Å². The highest BCUT2D eigenvalue weighted by Gasteiger charge is 2.15. The van der Waals surface area contributed by atoms with Crippen LogP contribution >= 0.6 is 0 Å². The predicted molar refractivity (Wildman–Crippen MR) is 74.1 cm³/mol. The van der Waals surface area contributed by atoms with E-state index < -0.39 is 0 Å². The fraction of sp³-hybridized carbons (Fsp3) is 0.643. The van der Waals surface area contributed by atoms with Gasteiger partial charge in [0.25, 0.3) is 5.91 Å². The minimum Gasteiger partial charge on any atom is -0.340 e. The molecule has 0 aliphatic carbocycles. The van der Waals surface area contributed by atoms with E-state index in [2.05, 4.69) is 37.7 Å². The zero-order valence-corrected chi connectivity index (χ0v) is 11.9. The van der Waals surface area contributed by atoms with E-state index in [1.165, 1.54) is 5.69 Å². The Morgan fingerprint density at radius 2 is 1.94 bits per heavy atom. The van der Waals surface area contributed by atoms with Crippen LogP contribution in [0.25, 0.3) is 0 Å². The van der Waals surface area contributed by atoms with Crippen LogP contribution in [0.3, 0.4) is 0 Å². The molecule has 0 aliphatic rings. The smallest absolute Gasteiger partial charge is 0.281 e. The Morgan fingerprint density at radius 1 is 1.28 bits per heavy atom. The van der Waals surface area contributed by atoms with Gasteiger partial charge in [0.2, 0.25) is 0 Å². The molecule has 4 heteroatoms. The molecule has 18 heavy (non-hydrogen) atoms. The van der Waals surface area contributed by atoms with Gasteiger partial charge < -0.3 is 4.57 Å². The van der Waals surface area contributed by atoms with Gasteiger partial charge in [-0.05, 0) is 36.8 Å². The lowest BCUT2D eigenvalue weighted by Gasteiger charge is -2.15. The van der Waals surface area contributed by atoms with Crippen LogP contribution in [-0.2, 0) is 13.0 Å². The average molecular weight is 251 g/mol. The van der Waals surface area contributed by atoms with Crippen LogP contribution in [-0.4, -0.2) is 10.5 Å². The lowest BCUT2D eigenvalue weighted by molar-refractivity contribution is 0.0943. The van der Waals surface area contributed by atoms with Crippen LogP contribution in [0.2, 0.25) is 0 Å². The van der Waals surface area contributed by atoms with Gasteiger partial charge in [-0.1, -0.05) is 27.7 Å². The molecule has 0 fully saturated rings. The first-order valence-corrected chi connectivity index (χ1v) is 6.65. The maximum Gasteiger partial charge on any atom is 0.281 e. The molecule has 1 amide bonds. The number of nitrogens with two attached hydrogens (primary N) is 1. The Balaban J connectivity index is 2.95. The van der Waals surface area contributed by atoms with Crippen molar-refractivity contribution >= 4 is 5.91 Å². The standard InChI is InChI=1S/C14H25N3O/c1-10(2)5-6-12-7-8-13(14(18)16-15)17(12)9-11(3)4/h7-8,10-11H,5-6,9,15H2,1-4H3,(H,16,18). The van der Waals surface area contributed by atoms with Gasteiger partial charge in [0, 0.05) is 12.2 Å². The van der Waals surface area contributed by atoms with Crippen molar-refractivity contribution in [3.63, 3.8) is 0 Å². The molecular formula is C14H25N3O. The number of nitrogens with zero attached hydrogens (tertiary/aromatic N) is 1. The highest BCUT2D eigenvalue weighted by molar-refractivity contribution is 5.92. The third-order valence-corrected chi connectivity index (χ3v) is 2.96. The van der Waals surface area contributed by atoms with Crippen LogP contribution < -0.4 is 11.3 Å². The fourth-order valence-electron chi connectivity index (χ4n) is 2.02.